The second-order valence-electron chi connectivity index (χ2n) is 1.93. The molecule has 0 aliphatic heterocycles. The minimum absolute atomic E-state index is 0. The number of carbonyl (C=O) groups is 3. The molecule has 0 aliphatic carbocycles. The summed E-state index contributed by atoms with van der Waals surface area (Å²) in [5, 5.41) is -0.722. The van der Waals surface area contributed by atoms with Crippen molar-refractivity contribution in [1.82, 2.24) is 0 Å². The van der Waals surface area contributed by atoms with E-state index in [4.69, 9.17) is 9.59 Å². The molecule has 0 unspecified atom stereocenters. The van der Waals surface area contributed by atoms with Crippen molar-refractivity contribution in [3.8, 4) is 0 Å². The van der Waals surface area contributed by atoms with Crippen LogP contribution in [-0.4, -0.2) is 27.9 Å². The van der Waals surface area contributed by atoms with E-state index in [2.05, 4.69) is 23.2 Å². The van der Waals surface area contributed by atoms with Gasteiger partial charge in [0.2, 0.25) is 10.5 Å². The normalized spacial score (nSPS) is 4.78. The zero-order valence-electron chi connectivity index (χ0n) is 10.1. The first-order valence-corrected chi connectivity index (χ1v) is 4.15. The highest BCUT2D eigenvalue weighted by molar-refractivity contribution is 6.63. The quantitative estimate of drug-likeness (QED) is 0.615. The van der Waals surface area contributed by atoms with Crippen molar-refractivity contribution < 1.29 is 29.4 Å². The molecule has 0 aliphatic rings. The minimum Gasteiger partial charge on any atom is -0.412 e. The van der Waals surface area contributed by atoms with Gasteiger partial charge in [-0.05, 0) is 37.0 Å². The van der Waals surface area contributed by atoms with Crippen LogP contribution in [0.3, 0.4) is 0 Å². The molecule has 0 saturated heterocycles. The van der Waals surface area contributed by atoms with Gasteiger partial charge in [-0.3, -0.25) is 9.59 Å². The molecule has 0 aromatic rings. The first-order valence-electron chi connectivity index (χ1n) is 3.40. The maximum Gasteiger partial charge on any atom is 0.373 e. The molecular formula is C8H16Cl4O6. The van der Waals surface area contributed by atoms with Crippen LogP contribution < -0.4 is 0 Å². The van der Waals surface area contributed by atoms with E-state index >= 15 is 0 Å². The van der Waals surface area contributed by atoms with Crippen molar-refractivity contribution in [3.63, 3.8) is 0 Å². The van der Waals surface area contributed by atoms with Gasteiger partial charge in [0.25, 0.3) is 0 Å². The zero-order chi connectivity index (χ0) is 13.4. The average Bonchev–Trinajstić information content (AvgIpc) is 1.81. The third-order valence-electron chi connectivity index (χ3n) is 0. The van der Waals surface area contributed by atoms with Crippen LogP contribution in [0.2, 0.25) is 0 Å². The van der Waals surface area contributed by atoms with Gasteiger partial charge in [0.1, 0.15) is 5.78 Å². The van der Waals surface area contributed by atoms with E-state index in [0.29, 0.717) is 0 Å². The van der Waals surface area contributed by atoms with E-state index in [9.17, 15) is 14.4 Å². The molecular weight excluding hydrogens is 334 g/mol. The number of ketones is 1. The Balaban J connectivity index is -0.0000000171. The summed E-state index contributed by atoms with van der Waals surface area (Å²) in [5.41, 5.74) is 0. The van der Waals surface area contributed by atoms with E-state index in [1.165, 1.54) is 27.7 Å². The fourth-order valence-electron chi connectivity index (χ4n) is 0. The number of hydrogen-bond acceptors (Lipinski definition) is 5. The number of hydrogen-bond donors (Lipinski definition) is 0. The molecule has 0 atom stereocenters. The monoisotopic (exact) mass is 348 g/mol. The van der Waals surface area contributed by atoms with Crippen molar-refractivity contribution in [2.75, 3.05) is 0 Å². The average molecular weight is 350 g/mol. The van der Waals surface area contributed by atoms with Crippen molar-refractivity contribution in [1.29, 1.82) is 0 Å². The predicted octanol–water partition coefficient (Wildman–Crippen LogP) is 1.57. The highest BCUT2D eigenvalue weighted by Crippen LogP contribution is 1.68. The van der Waals surface area contributed by atoms with Crippen molar-refractivity contribution in [3.05, 3.63) is 0 Å². The largest absolute Gasteiger partial charge is 0.412 e. The van der Waals surface area contributed by atoms with Gasteiger partial charge in [0.05, 0.1) is 0 Å². The minimum atomic E-state index is -0.361. The molecule has 0 aromatic heterocycles. The molecule has 6 nitrogen and oxygen atoms in total. The van der Waals surface area contributed by atoms with Crippen LogP contribution in [0.5, 0.6) is 0 Å². The third kappa shape index (κ3) is 13600. The predicted molar refractivity (Wildman–Crippen MR) is 72.5 cm³/mol. The van der Waals surface area contributed by atoms with Crippen LogP contribution in [-0.2, 0) is 24.0 Å². The molecule has 112 valence electrons. The van der Waals surface area contributed by atoms with Gasteiger partial charge in [0, 0.05) is 13.8 Å². The molecule has 0 aromatic carbocycles. The van der Waals surface area contributed by atoms with Crippen LogP contribution in [0.4, 0.5) is 0 Å². The summed E-state index contributed by atoms with van der Waals surface area (Å²) < 4.78 is 0. The molecule has 0 amide bonds. The summed E-state index contributed by atoms with van der Waals surface area (Å²) in [6.07, 6.45) is 0.250. The van der Waals surface area contributed by atoms with Crippen molar-refractivity contribution in [2.45, 2.75) is 27.7 Å². The van der Waals surface area contributed by atoms with Crippen LogP contribution in [0.25, 0.3) is 0 Å². The van der Waals surface area contributed by atoms with E-state index in [-0.39, 0.29) is 52.7 Å². The second kappa shape index (κ2) is 43.9. The summed E-state index contributed by atoms with van der Waals surface area (Å²) in [7, 11) is 0. The van der Waals surface area contributed by atoms with Crippen molar-refractivity contribution >= 4 is 70.4 Å². The fraction of sp³-hybridized carbons (Fsp3) is 0.500. The van der Waals surface area contributed by atoms with Gasteiger partial charge < -0.3 is 10.3 Å². The van der Waals surface area contributed by atoms with E-state index in [1.54, 1.807) is 0 Å². The lowest BCUT2D eigenvalue weighted by molar-refractivity contribution is -0.191. The molecule has 10 heteroatoms. The Kier molecular flexibility index (Phi) is 105. The molecule has 0 fully saturated rings. The smallest absolute Gasteiger partial charge is 0.373 e. The first-order chi connectivity index (χ1) is 6.61. The Morgan fingerprint density at radius 1 is 0.778 bits per heavy atom. The lowest BCUT2D eigenvalue weighted by Crippen LogP contribution is -1.69. The molecule has 0 rings (SSSR count). The highest BCUT2D eigenvalue weighted by Gasteiger charge is 1.67. The van der Waals surface area contributed by atoms with Gasteiger partial charge in [-0.1, -0.05) is 0 Å². The summed E-state index contributed by atoms with van der Waals surface area (Å²) >= 11 is 9.27. The molecule has 0 heterocycles. The molecule has 0 saturated carbocycles. The molecule has 0 radical (unpaired) electrons. The van der Waals surface area contributed by atoms with Gasteiger partial charge in [0.15, 0.2) is 0 Å². The SMILES string of the molecule is CC(=O)Cl.CC(=O)Cl.CC(C)=O.Cl.Cl.O.O=C=O. The van der Waals surface area contributed by atoms with Crippen molar-refractivity contribution in [2.24, 2.45) is 0 Å². The topological polar surface area (TPSA) is 117 Å². The summed E-state index contributed by atoms with van der Waals surface area (Å²) in [6.45, 7) is 5.64. The van der Waals surface area contributed by atoms with Gasteiger partial charge >= 0.3 is 6.15 Å². The van der Waals surface area contributed by atoms with Crippen LogP contribution in [0, 0.1) is 0 Å². The Bertz CT molecular complexity index is 185. The molecule has 18 heavy (non-hydrogen) atoms. The van der Waals surface area contributed by atoms with Gasteiger partial charge in [-0.25, -0.2) is 0 Å². The third-order valence-corrected chi connectivity index (χ3v) is 0. The summed E-state index contributed by atoms with van der Waals surface area (Å²) in [5.74, 6) is 0.167. The maximum absolute atomic E-state index is 9.44. The Morgan fingerprint density at radius 2 is 0.778 bits per heavy atom. The van der Waals surface area contributed by atoms with Gasteiger partial charge in [-0.15, -0.1) is 24.8 Å². The van der Waals surface area contributed by atoms with Crippen LogP contribution in [0.1, 0.15) is 27.7 Å². The van der Waals surface area contributed by atoms with Gasteiger partial charge in [-0.2, -0.15) is 9.59 Å². The maximum atomic E-state index is 9.44. The summed E-state index contributed by atoms with van der Waals surface area (Å²) in [6, 6.07) is 0. The highest BCUT2D eigenvalue weighted by atomic mass is 35.5. The summed E-state index contributed by atoms with van der Waals surface area (Å²) in [4.78, 5) is 44.1. The standard InChI is InChI=1S/C3H6O.2C2H3ClO.CO2.2ClH.H2O/c1-3(2)4;2*1-2(3)4;2-1-3;;;/h1-2H3;2*1H3;;2*1H;1H2. The van der Waals surface area contributed by atoms with Crippen LogP contribution in [0.15, 0.2) is 0 Å². The van der Waals surface area contributed by atoms with E-state index in [1.807, 2.05) is 0 Å². The zero-order valence-corrected chi connectivity index (χ0v) is 13.3. The lowest BCUT2D eigenvalue weighted by atomic mass is 10.6. The molecule has 0 spiro atoms. The number of Topliss-reactive ketones (excluding diaryl/α,β-unsaturated/α-hetero) is 1. The number of rotatable bonds is 0. The first kappa shape index (κ1) is 43.2. The Morgan fingerprint density at radius 3 is 0.778 bits per heavy atom. The van der Waals surface area contributed by atoms with E-state index in [0.717, 1.165) is 0 Å². The second-order valence-corrected chi connectivity index (χ2v) is 3.00. The fourth-order valence-corrected chi connectivity index (χ4v) is 0. The number of carbonyl (C=O) groups excluding carboxylic acids is 5. The number of halogens is 4. The Hall–Kier alpha value is -0.490. The Labute approximate surface area is 128 Å². The van der Waals surface area contributed by atoms with Crippen LogP contribution >= 0.6 is 48.0 Å². The lowest BCUT2D eigenvalue weighted by Gasteiger charge is -1.56. The van der Waals surface area contributed by atoms with E-state index < -0.39 is 0 Å². The molecule has 0 bridgehead atoms. The molecule has 2 N–H and O–H groups in total.